The van der Waals surface area contributed by atoms with Gasteiger partial charge in [0.05, 0.1) is 0 Å². The Morgan fingerprint density at radius 1 is 0.846 bits per heavy atom. The molecule has 0 amide bonds. The van der Waals surface area contributed by atoms with E-state index in [1.165, 1.54) is 5.69 Å². The molecule has 0 saturated carbocycles. The fourth-order valence-corrected chi connectivity index (χ4v) is 3.26. The van der Waals surface area contributed by atoms with Crippen LogP contribution in [0.1, 0.15) is 10.4 Å². The van der Waals surface area contributed by atoms with Crippen LogP contribution in [0.15, 0.2) is 61.2 Å². The van der Waals surface area contributed by atoms with Gasteiger partial charge in [-0.1, -0.05) is 18.2 Å². The second kappa shape index (κ2) is 7.31. The fourth-order valence-electron chi connectivity index (χ4n) is 3.26. The Morgan fingerprint density at radius 3 is 2.35 bits per heavy atom. The van der Waals surface area contributed by atoms with E-state index in [2.05, 4.69) is 24.8 Å². The van der Waals surface area contributed by atoms with Gasteiger partial charge in [0, 0.05) is 67.8 Å². The zero-order chi connectivity index (χ0) is 17.8. The fraction of sp³-hybridized carbons (Fsp3) is 0.200. The zero-order valence-electron chi connectivity index (χ0n) is 14.3. The Morgan fingerprint density at radius 2 is 1.58 bits per heavy atom. The van der Waals surface area contributed by atoms with Crippen LogP contribution in [0.3, 0.4) is 0 Å². The molecule has 3 aromatic rings. The van der Waals surface area contributed by atoms with Crippen LogP contribution in [0.2, 0.25) is 0 Å². The summed E-state index contributed by atoms with van der Waals surface area (Å²) in [5.41, 5.74) is 3.56. The lowest BCUT2D eigenvalue weighted by molar-refractivity contribution is 0.112. The highest BCUT2D eigenvalue weighted by atomic mass is 16.1. The minimum Gasteiger partial charge on any atom is -0.368 e. The van der Waals surface area contributed by atoms with Gasteiger partial charge in [0.1, 0.15) is 12.0 Å². The lowest BCUT2D eigenvalue weighted by Gasteiger charge is -2.37. The van der Waals surface area contributed by atoms with Crippen LogP contribution in [-0.2, 0) is 0 Å². The highest BCUT2D eigenvalue weighted by Gasteiger charge is 2.21. The average molecular weight is 345 g/mol. The molecule has 0 spiro atoms. The predicted molar refractivity (Wildman–Crippen MR) is 102 cm³/mol. The van der Waals surface area contributed by atoms with Gasteiger partial charge in [-0.3, -0.25) is 14.8 Å². The normalized spacial score (nSPS) is 14.3. The topological polar surface area (TPSA) is 62.2 Å². The number of rotatable bonds is 4. The molecule has 4 rings (SSSR count). The van der Waals surface area contributed by atoms with Crippen molar-refractivity contribution in [1.29, 1.82) is 0 Å². The zero-order valence-corrected chi connectivity index (χ0v) is 14.3. The van der Waals surface area contributed by atoms with Crippen LogP contribution < -0.4 is 9.80 Å². The van der Waals surface area contributed by atoms with Gasteiger partial charge in [-0.15, -0.1) is 0 Å². The van der Waals surface area contributed by atoms with Gasteiger partial charge in [-0.05, 0) is 18.2 Å². The van der Waals surface area contributed by atoms with E-state index in [-0.39, 0.29) is 0 Å². The third-order valence-corrected chi connectivity index (χ3v) is 4.58. The molecule has 0 radical (unpaired) electrons. The molecule has 6 nitrogen and oxygen atoms in total. The van der Waals surface area contributed by atoms with Crippen molar-refractivity contribution < 1.29 is 4.79 Å². The summed E-state index contributed by atoms with van der Waals surface area (Å²) in [6.07, 6.45) is 7.91. The highest BCUT2D eigenvalue weighted by molar-refractivity contribution is 5.80. The van der Waals surface area contributed by atoms with E-state index in [1.54, 1.807) is 18.5 Å². The molecule has 0 N–H and O–H groups in total. The minimum atomic E-state index is 0.640. The number of hydrogen-bond donors (Lipinski definition) is 0. The first kappa shape index (κ1) is 16.2. The maximum atomic E-state index is 11.1. The van der Waals surface area contributed by atoms with Crippen molar-refractivity contribution >= 4 is 17.8 Å². The van der Waals surface area contributed by atoms with Crippen molar-refractivity contribution in [3.05, 3.63) is 66.7 Å². The van der Waals surface area contributed by atoms with Crippen molar-refractivity contribution in [1.82, 2.24) is 15.0 Å². The molecule has 1 aliphatic rings. The van der Waals surface area contributed by atoms with Gasteiger partial charge in [-0.25, -0.2) is 4.98 Å². The average Bonchev–Trinajstić information content (AvgIpc) is 2.74. The van der Waals surface area contributed by atoms with Crippen LogP contribution in [0.25, 0.3) is 11.3 Å². The molecule has 1 fully saturated rings. The second-order valence-corrected chi connectivity index (χ2v) is 6.15. The van der Waals surface area contributed by atoms with Crippen LogP contribution in [0, 0.1) is 0 Å². The summed E-state index contributed by atoms with van der Waals surface area (Å²) < 4.78 is 0. The molecule has 3 heterocycles. The van der Waals surface area contributed by atoms with Gasteiger partial charge in [0.15, 0.2) is 5.82 Å². The van der Waals surface area contributed by atoms with Gasteiger partial charge in [-0.2, -0.15) is 0 Å². The molecule has 0 aliphatic carbocycles. The molecule has 1 aliphatic heterocycles. The first-order chi connectivity index (χ1) is 12.8. The summed E-state index contributed by atoms with van der Waals surface area (Å²) in [6, 6.07) is 11.6. The van der Waals surface area contributed by atoms with E-state index >= 15 is 0 Å². The van der Waals surface area contributed by atoms with Crippen molar-refractivity contribution in [2.75, 3.05) is 36.0 Å². The Hall–Kier alpha value is -3.28. The predicted octanol–water partition coefficient (Wildman–Crippen LogP) is 2.68. The number of benzene rings is 1. The van der Waals surface area contributed by atoms with Crippen LogP contribution in [0.5, 0.6) is 0 Å². The lowest BCUT2D eigenvalue weighted by Crippen LogP contribution is -2.47. The van der Waals surface area contributed by atoms with E-state index in [0.29, 0.717) is 5.56 Å². The van der Waals surface area contributed by atoms with Gasteiger partial charge in [0.2, 0.25) is 0 Å². The van der Waals surface area contributed by atoms with E-state index in [1.807, 2.05) is 42.7 Å². The summed E-state index contributed by atoms with van der Waals surface area (Å²) in [6.45, 7) is 3.55. The van der Waals surface area contributed by atoms with E-state index in [4.69, 9.17) is 0 Å². The largest absolute Gasteiger partial charge is 0.368 e. The summed E-state index contributed by atoms with van der Waals surface area (Å²) in [5, 5.41) is 0. The molecule has 0 bridgehead atoms. The van der Waals surface area contributed by atoms with Gasteiger partial charge < -0.3 is 9.80 Å². The molecule has 130 valence electrons. The number of hydrogen-bond acceptors (Lipinski definition) is 6. The molecule has 0 unspecified atom stereocenters. The molecule has 2 aromatic heterocycles. The lowest BCUT2D eigenvalue weighted by atomic mass is 10.1. The quantitative estimate of drug-likeness (QED) is 0.678. The van der Waals surface area contributed by atoms with Crippen LogP contribution in [-0.4, -0.2) is 47.4 Å². The first-order valence-corrected chi connectivity index (χ1v) is 8.62. The van der Waals surface area contributed by atoms with Crippen LogP contribution >= 0.6 is 0 Å². The Labute approximate surface area is 152 Å². The molecular weight excluding hydrogens is 326 g/mol. The number of aldehydes is 1. The molecular formula is C20H19N5O. The van der Waals surface area contributed by atoms with Crippen molar-refractivity contribution in [3.8, 4) is 11.3 Å². The monoisotopic (exact) mass is 345 g/mol. The van der Waals surface area contributed by atoms with E-state index in [0.717, 1.165) is 49.5 Å². The van der Waals surface area contributed by atoms with E-state index in [9.17, 15) is 4.79 Å². The molecule has 1 saturated heterocycles. The third-order valence-electron chi connectivity index (χ3n) is 4.58. The van der Waals surface area contributed by atoms with Crippen molar-refractivity contribution in [3.63, 3.8) is 0 Å². The summed E-state index contributed by atoms with van der Waals surface area (Å²) in [4.78, 5) is 28.9. The number of pyridine rings is 1. The Kier molecular flexibility index (Phi) is 4.55. The Balaban J connectivity index is 1.57. The SMILES string of the molecule is O=Cc1cccc(-c2nccnc2N2CCN(c3ccncc3)CC2)c1. The van der Waals surface area contributed by atoms with Crippen molar-refractivity contribution in [2.45, 2.75) is 0 Å². The third kappa shape index (κ3) is 3.26. The number of nitrogens with zero attached hydrogens (tertiary/aromatic N) is 5. The summed E-state index contributed by atoms with van der Waals surface area (Å²) >= 11 is 0. The number of piperazine rings is 1. The number of carbonyl (C=O) groups excluding carboxylic acids is 1. The molecule has 26 heavy (non-hydrogen) atoms. The number of carbonyl (C=O) groups is 1. The smallest absolute Gasteiger partial charge is 0.155 e. The minimum absolute atomic E-state index is 0.640. The van der Waals surface area contributed by atoms with Crippen LogP contribution in [0.4, 0.5) is 11.5 Å². The highest BCUT2D eigenvalue weighted by Crippen LogP contribution is 2.28. The molecule has 0 atom stereocenters. The maximum Gasteiger partial charge on any atom is 0.155 e. The van der Waals surface area contributed by atoms with Crippen molar-refractivity contribution in [2.24, 2.45) is 0 Å². The Bertz CT molecular complexity index is 891. The molecule has 6 heteroatoms. The first-order valence-electron chi connectivity index (χ1n) is 8.62. The summed E-state index contributed by atoms with van der Waals surface area (Å²) in [5.74, 6) is 0.866. The second-order valence-electron chi connectivity index (χ2n) is 6.15. The summed E-state index contributed by atoms with van der Waals surface area (Å²) in [7, 11) is 0. The number of aromatic nitrogens is 3. The maximum absolute atomic E-state index is 11.1. The van der Waals surface area contributed by atoms with Gasteiger partial charge >= 0.3 is 0 Å². The van der Waals surface area contributed by atoms with E-state index < -0.39 is 0 Å². The molecule has 1 aromatic carbocycles. The standard InChI is InChI=1S/C20H19N5O/c26-15-16-2-1-3-17(14-16)19-20(23-9-8-22-19)25-12-10-24(11-13-25)18-4-6-21-7-5-18/h1-9,14-15H,10-13H2. The number of anilines is 2. The van der Waals surface area contributed by atoms with Gasteiger partial charge in [0.25, 0.3) is 0 Å².